The number of ether oxygens (including phenoxy) is 1. The fourth-order valence-corrected chi connectivity index (χ4v) is 4.21. The number of thiophene rings is 1. The normalized spacial score (nSPS) is 18.2. The summed E-state index contributed by atoms with van der Waals surface area (Å²) < 4.78 is 7.45. The molecule has 2 aromatic heterocycles. The zero-order chi connectivity index (χ0) is 16.7. The van der Waals surface area contributed by atoms with Gasteiger partial charge in [0.05, 0.1) is 29.0 Å². The lowest BCUT2D eigenvalue weighted by atomic mass is 10.2. The number of nitrogens with zero attached hydrogens (tertiary/aromatic N) is 3. The summed E-state index contributed by atoms with van der Waals surface area (Å²) in [4.78, 5) is 16.5. The van der Waals surface area contributed by atoms with Gasteiger partial charge < -0.3 is 9.64 Å². The Morgan fingerprint density at radius 2 is 2.12 bits per heavy atom. The second kappa shape index (κ2) is 6.03. The van der Waals surface area contributed by atoms with Crippen molar-refractivity contribution in [1.82, 2.24) is 14.7 Å². The molecule has 5 nitrogen and oxygen atoms in total. The number of rotatable bonds is 2. The number of amides is 1. The van der Waals surface area contributed by atoms with Crippen LogP contribution in [-0.2, 0) is 4.74 Å². The first-order chi connectivity index (χ1) is 11.6. The fourth-order valence-electron chi connectivity index (χ4n) is 3.06. The molecule has 124 valence electrons. The zero-order valence-electron chi connectivity index (χ0n) is 13.7. The highest BCUT2D eigenvalue weighted by atomic mass is 32.1. The van der Waals surface area contributed by atoms with Crippen LogP contribution in [0.15, 0.2) is 36.4 Å². The van der Waals surface area contributed by atoms with E-state index < -0.39 is 0 Å². The highest BCUT2D eigenvalue weighted by molar-refractivity contribution is 7.20. The predicted octanol–water partition coefficient (Wildman–Crippen LogP) is 3.26. The number of hydrogen-bond donors (Lipinski definition) is 0. The number of aryl methyl sites for hydroxylation is 1. The van der Waals surface area contributed by atoms with Gasteiger partial charge in [0, 0.05) is 18.5 Å². The number of hydrogen-bond acceptors (Lipinski definition) is 4. The SMILES string of the molecule is Cc1nn(-c2ccccc2)c2sc(C(=O)N3CCOC(C)C3)cc12. The Hall–Kier alpha value is -2.18. The molecule has 1 aromatic carbocycles. The number of aromatic nitrogens is 2. The molecule has 0 saturated carbocycles. The summed E-state index contributed by atoms with van der Waals surface area (Å²) in [6.45, 7) is 5.90. The number of carbonyl (C=O) groups excluding carboxylic acids is 1. The van der Waals surface area contributed by atoms with Crippen LogP contribution >= 0.6 is 11.3 Å². The van der Waals surface area contributed by atoms with Crippen LogP contribution in [0.2, 0.25) is 0 Å². The zero-order valence-corrected chi connectivity index (χ0v) is 14.5. The standard InChI is InChI=1S/C18H19N3O2S/c1-12-11-20(8-9-23-12)17(22)16-10-15-13(2)19-21(18(15)24-16)14-6-4-3-5-7-14/h3-7,10,12H,8-9,11H2,1-2H3. The van der Waals surface area contributed by atoms with Gasteiger partial charge in [-0.15, -0.1) is 11.3 Å². The van der Waals surface area contributed by atoms with Gasteiger partial charge in [-0.3, -0.25) is 4.79 Å². The van der Waals surface area contributed by atoms with E-state index in [-0.39, 0.29) is 12.0 Å². The van der Waals surface area contributed by atoms with Crippen molar-refractivity contribution in [1.29, 1.82) is 0 Å². The first-order valence-electron chi connectivity index (χ1n) is 8.09. The van der Waals surface area contributed by atoms with E-state index in [1.54, 1.807) is 0 Å². The molecule has 3 aromatic rings. The Labute approximate surface area is 144 Å². The molecule has 4 rings (SSSR count). The molecular weight excluding hydrogens is 322 g/mol. The van der Waals surface area contributed by atoms with Crippen molar-refractivity contribution < 1.29 is 9.53 Å². The smallest absolute Gasteiger partial charge is 0.264 e. The van der Waals surface area contributed by atoms with E-state index >= 15 is 0 Å². The molecule has 0 aliphatic carbocycles. The Morgan fingerprint density at radius 3 is 2.88 bits per heavy atom. The highest BCUT2D eigenvalue weighted by Gasteiger charge is 2.25. The van der Waals surface area contributed by atoms with Gasteiger partial charge in [0.25, 0.3) is 5.91 Å². The minimum atomic E-state index is 0.0883. The number of carbonyl (C=O) groups is 1. The minimum absolute atomic E-state index is 0.0883. The van der Waals surface area contributed by atoms with Crippen LogP contribution in [0, 0.1) is 6.92 Å². The molecule has 24 heavy (non-hydrogen) atoms. The van der Waals surface area contributed by atoms with Crippen molar-refractivity contribution in [3.63, 3.8) is 0 Å². The largest absolute Gasteiger partial charge is 0.375 e. The molecule has 6 heteroatoms. The fraction of sp³-hybridized carbons (Fsp3) is 0.333. The summed E-state index contributed by atoms with van der Waals surface area (Å²) in [7, 11) is 0. The monoisotopic (exact) mass is 341 g/mol. The summed E-state index contributed by atoms with van der Waals surface area (Å²) >= 11 is 1.51. The Balaban J connectivity index is 1.72. The Bertz CT molecular complexity index is 884. The van der Waals surface area contributed by atoms with Crippen molar-refractivity contribution in [2.45, 2.75) is 20.0 Å². The quantitative estimate of drug-likeness (QED) is 0.719. The maximum atomic E-state index is 12.8. The molecule has 1 aliphatic heterocycles. The molecule has 3 heterocycles. The second-order valence-corrected chi connectivity index (χ2v) is 7.13. The lowest BCUT2D eigenvalue weighted by Gasteiger charge is -2.30. The summed E-state index contributed by atoms with van der Waals surface area (Å²) in [5.41, 5.74) is 1.95. The third-order valence-corrected chi connectivity index (χ3v) is 5.38. The maximum absolute atomic E-state index is 12.8. The summed E-state index contributed by atoms with van der Waals surface area (Å²) in [5.74, 6) is 0.0883. The Morgan fingerprint density at radius 1 is 1.33 bits per heavy atom. The van der Waals surface area contributed by atoms with Crippen molar-refractivity contribution in [2.75, 3.05) is 19.7 Å². The minimum Gasteiger partial charge on any atom is -0.375 e. The van der Waals surface area contributed by atoms with Crippen LogP contribution in [-0.4, -0.2) is 46.4 Å². The van der Waals surface area contributed by atoms with E-state index in [0.29, 0.717) is 19.7 Å². The lowest BCUT2D eigenvalue weighted by molar-refractivity contribution is -0.0122. The van der Waals surface area contributed by atoms with Gasteiger partial charge in [-0.25, -0.2) is 4.68 Å². The molecule has 1 saturated heterocycles. The number of benzene rings is 1. The van der Waals surface area contributed by atoms with Gasteiger partial charge in [0.2, 0.25) is 0 Å². The molecule has 1 aliphatic rings. The van der Waals surface area contributed by atoms with Gasteiger partial charge in [-0.1, -0.05) is 18.2 Å². The average Bonchev–Trinajstić information content (AvgIpc) is 3.16. The number of morpholine rings is 1. The molecular formula is C18H19N3O2S. The molecule has 1 fully saturated rings. The van der Waals surface area contributed by atoms with Crippen molar-refractivity contribution in [2.24, 2.45) is 0 Å². The van der Waals surface area contributed by atoms with Crippen molar-refractivity contribution in [3.05, 3.63) is 47.0 Å². The molecule has 0 bridgehead atoms. The van der Waals surface area contributed by atoms with E-state index in [4.69, 9.17) is 4.74 Å². The molecule has 0 spiro atoms. The van der Waals surface area contributed by atoms with Crippen LogP contribution in [0.3, 0.4) is 0 Å². The van der Waals surface area contributed by atoms with E-state index in [1.165, 1.54) is 11.3 Å². The van der Waals surface area contributed by atoms with Gasteiger partial charge in [-0.2, -0.15) is 5.10 Å². The molecule has 1 atom stereocenters. The topological polar surface area (TPSA) is 47.4 Å². The third-order valence-electron chi connectivity index (χ3n) is 4.28. The molecule has 0 N–H and O–H groups in total. The third kappa shape index (κ3) is 2.61. The summed E-state index contributed by atoms with van der Waals surface area (Å²) in [5, 5.41) is 5.68. The van der Waals surface area contributed by atoms with Crippen molar-refractivity contribution in [3.8, 4) is 5.69 Å². The molecule has 0 radical (unpaired) electrons. The predicted molar refractivity (Wildman–Crippen MR) is 95.0 cm³/mol. The maximum Gasteiger partial charge on any atom is 0.264 e. The van der Waals surface area contributed by atoms with Crippen LogP contribution in [0.25, 0.3) is 15.9 Å². The van der Waals surface area contributed by atoms with Crippen LogP contribution < -0.4 is 0 Å². The summed E-state index contributed by atoms with van der Waals surface area (Å²) in [6, 6.07) is 12.0. The number of fused-ring (bicyclic) bond motifs is 1. The first kappa shape index (κ1) is 15.4. The van der Waals surface area contributed by atoms with Gasteiger partial charge in [0.1, 0.15) is 4.83 Å². The van der Waals surface area contributed by atoms with Crippen molar-refractivity contribution >= 4 is 27.5 Å². The second-order valence-electron chi connectivity index (χ2n) is 6.09. The molecule has 1 amide bonds. The van der Waals surface area contributed by atoms with E-state index in [1.807, 2.05) is 59.8 Å². The van der Waals surface area contributed by atoms with Crippen LogP contribution in [0.5, 0.6) is 0 Å². The number of para-hydroxylation sites is 1. The van der Waals surface area contributed by atoms with Gasteiger partial charge >= 0.3 is 0 Å². The van der Waals surface area contributed by atoms with E-state index in [2.05, 4.69) is 5.10 Å². The van der Waals surface area contributed by atoms with Gasteiger partial charge in [0.15, 0.2) is 0 Å². The van der Waals surface area contributed by atoms with Crippen LogP contribution in [0.4, 0.5) is 0 Å². The lowest BCUT2D eigenvalue weighted by Crippen LogP contribution is -2.44. The van der Waals surface area contributed by atoms with Gasteiger partial charge in [-0.05, 0) is 32.0 Å². The summed E-state index contributed by atoms with van der Waals surface area (Å²) in [6.07, 6.45) is 0.0959. The highest BCUT2D eigenvalue weighted by Crippen LogP contribution is 2.31. The van der Waals surface area contributed by atoms with E-state index in [9.17, 15) is 4.79 Å². The van der Waals surface area contributed by atoms with E-state index in [0.717, 1.165) is 26.5 Å². The first-order valence-corrected chi connectivity index (χ1v) is 8.90. The molecule has 1 unspecified atom stereocenters. The average molecular weight is 341 g/mol. The Kier molecular flexibility index (Phi) is 3.86. The van der Waals surface area contributed by atoms with Crippen LogP contribution in [0.1, 0.15) is 22.3 Å².